The Hall–Kier alpha value is -1.64. The molecule has 0 spiro atoms. The monoisotopic (exact) mass is 180 g/mol. The maximum Gasteiger partial charge on any atom is 0.172 e. The first-order valence-electron chi connectivity index (χ1n) is 3.74. The van der Waals surface area contributed by atoms with Gasteiger partial charge in [-0.2, -0.15) is 0 Å². The van der Waals surface area contributed by atoms with Gasteiger partial charge in [0.05, 0.1) is 7.11 Å². The summed E-state index contributed by atoms with van der Waals surface area (Å²) >= 11 is 0. The zero-order chi connectivity index (χ0) is 9.68. The van der Waals surface area contributed by atoms with Crippen LogP contribution in [0.15, 0.2) is 24.3 Å². The van der Waals surface area contributed by atoms with Crippen molar-refractivity contribution in [2.75, 3.05) is 7.11 Å². The number of halogens is 1. The van der Waals surface area contributed by atoms with Crippen LogP contribution in [0.3, 0.4) is 0 Å². The summed E-state index contributed by atoms with van der Waals surface area (Å²) in [6.45, 7) is 0. The van der Waals surface area contributed by atoms with Gasteiger partial charge in [-0.25, -0.2) is 4.39 Å². The van der Waals surface area contributed by atoms with E-state index in [0.29, 0.717) is 11.8 Å². The molecule has 0 N–H and O–H groups in total. The molecule has 13 heavy (non-hydrogen) atoms. The van der Waals surface area contributed by atoms with Gasteiger partial charge in [0.2, 0.25) is 0 Å². The first-order chi connectivity index (χ1) is 6.29. The fourth-order valence-corrected chi connectivity index (χ4v) is 0.957. The lowest BCUT2D eigenvalue weighted by atomic mass is 10.2. The molecule has 0 heterocycles. The van der Waals surface area contributed by atoms with E-state index >= 15 is 0 Å². The van der Waals surface area contributed by atoms with Crippen LogP contribution in [0.2, 0.25) is 0 Å². The second-order valence-electron chi connectivity index (χ2n) is 2.36. The van der Waals surface area contributed by atoms with Crippen LogP contribution in [-0.2, 0) is 4.79 Å². The lowest BCUT2D eigenvalue weighted by Crippen LogP contribution is -1.90. The van der Waals surface area contributed by atoms with E-state index in [4.69, 9.17) is 4.74 Å². The van der Waals surface area contributed by atoms with E-state index in [2.05, 4.69) is 0 Å². The van der Waals surface area contributed by atoms with Crippen LogP contribution in [0.1, 0.15) is 5.56 Å². The van der Waals surface area contributed by atoms with Crippen molar-refractivity contribution in [3.63, 3.8) is 0 Å². The molecule has 0 atom stereocenters. The lowest BCUT2D eigenvalue weighted by molar-refractivity contribution is -0.104. The second kappa shape index (κ2) is 4.40. The predicted molar refractivity (Wildman–Crippen MR) is 48.1 cm³/mol. The number of aldehydes is 1. The van der Waals surface area contributed by atoms with Gasteiger partial charge in [0.25, 0.3) is 0 Å². The minimum absolute atomic E-state index is 0.174. The van der Waals surface area contributed by atoms with Gasteiger partial charge in [-0.05, 0) is 18.2 Å². The maximum atomic E-state index is 13.3. The molecular weight excluding hydrogens is 171 g/mol. The number of ether oxygens (including phenoxy) is 1. The van der Waals surface area contributed by atoms with E-state index in [-0.39, 0.29) is 5.75 Å². The SMILES string of the molecule is COc1cccc(/C=C/C=O)c1F. The quantitative estimate of drug-likeness (QED) is 0.525. The number of hydrogen-bond donors (Lipinski definition) is 0. The molecule has 0 unspecified atom stereocenters. The number of benzene rings is 1. The van der Waals surface area contributed by atoms with Crippen LogP contribution in [0.25, 0.3) is 6.08 Å². The van der Waals surface area contributed by atoms with E-state index in [1.807, 2.05) is 0 Å². The Bertz CT molecular complexity index is 332. The summed E-state index contributed by atoms with van der Waals surface area (Å²) in [4.78, 5) is 10.0. The van der Waals surface area contributed by atoms with Crippen molar-refractivity contribution < 1.29 is 13.9 Å². The van der Waals surface area contributed by atoms with Crippen LogP contribution in [-0.4, -0.2) is 13.4 Å². The van der Waals surface area contributed by atoms with Crippen LogP contribution >= 0.6 is 0 Å². The molecule has 0 aliphatic heterocycles. The van der Waals surface area contributed by atoms with E-state index in [1.54, 1.807) is 12.1 Å². The molecule has 0 aliphatic rings. The molecule has 0 aromatic heterocycles. The zero-order valence-corrected chi connectivity index (χ0v) is 7.16. The average molecular weight is 180 g/mol. The van der Waals surface area contributed by atoms with Gasteiger partial charge in [0.1, 0.15) is 6.29 Å². The number of methoxy groups -OCH3 is 1. The Labute approximate surface area is 75.6 Å². The molecule has 1 rings (SSSR count). The highest BCUT2D eigenvalue weighted by Crippen LogP contribution is 2.20. The van der Waals surface area contributed by atoms with Gasteiger partial charge in [0.15, 0.2) is 11.6 Å². The number of hydrogen-bond acceptors (Lipinski definition) is 2. The van der Waals surface area contributed by atoms with Crippen molar-refractivity contribution in [2.45, 2.75) is 0 Å². The zero-order valence-electron chi connectivity index (χ0n) is 7.16. The molecule has 0 amide bonds. The number of rotatable bonds is 3. The van der Waals surface area contributed by atoms with Crippen LogP contribution < -0.4 is 4.74 Å². The smallest absolute Gasteiger partial charge is 0.172 e. The normalized spacial score (nSPS) is 10.3. The summed E-state index contributed by atoms with van der Waals surface area (Å²) < 4.78 is 18.1. The van der Waals surface area contributed by atoms with E-state index < -0.39 is 5.82 Å². The molecule has 0 saturated heterocycles. The van der Waals surface area contributed by atoms with Crippen LogP contribution in [0.4, 0.5) is 4.39 Å². The molecule has 0 aliphatic carbocycles. The molecule has 1 aromatic rings. The van der Waals surface area contributed by atoms with Gasteiger partial charge in [-0.1, -0.05) is 12.1 Å². The molecule has 68 valence electrons. The first kappa shape index (κ1) is 9.45. The van der Waals surface area contributed by atoms with Crippen molar-refractivity contribution in [3.8, 4) is 5.75 Å². The van der Waals surface area contributed by atoms with Crippen molar-refractivity contribution >= 4 is 12.4 Å². The standard InChI is InChI=1S/C10H9FO2/c1-13-9-6-2-4-8(10(9)11)5-3-7-12/h2-7H,1H3/b5-3+. The molecular formula is C10H9FO2. The summed E-state index contributed by atoms with van der Waals surface area (Å²) in [7, 11) is 1.39. The minimum Gasteiger partial charge on any atom is -0.494 e. The topological polar surface area (TPSA) is 26.3 Å². The fourth-order valence-electron chi connectivity index (χ4n) is 0.957. The average Bonchev–Trinajstić information content (AvgIpc) is 2.16. The molecule has 3 heteroatoms. The summed E-state index contributed by atoms with van der Waals surface area (Å²) in [5.41, 5.74) is 0.339. The van der Waals surface area contributed by atoms with Gasteiger partial charge in [-0.3, -0.25) is 4.79 Å². The highest BCUT2D eigenvalue weighted by molar-refractivity contribution is 5.74. The van der Waals surface area contributed by atoms with Crippen molar-refractivity contribution in [1.82, 2.24) is 0 Å². The Morgan fingerprint density at radius 3 is 2.85 bits per heavy atom. The van der Waals surface area contributed by atoms with Crippen molar-refractivity contribution in [3.05, 3.63) is 35.7 Å². The van der Waals surface area contributed by atoms with Gasteiger partial charge in [-0.15, -0.1) is 0 Å². The van der Waals surface area contributed by atoms with E-state index in [1.165, 1.54) is 25.3 Å². The molecule has 0 bridgehead atoms. The molecule has 0 saturated carbocycles. The second-order valence-corrected chi connectivity index (χ2v) is 2.36. The molecule has 1 aromatic carbocycles. The van der Waals surface area contributed by atoms with Crippen molar-refractivity contribution in [1.29, 1.82) is 0 Å². The largest absolute Gasteiger partial charge is 0.494 e. The third kappa shape index (κ3) is 2.15. The Morgan fingerprint density at radius 1 is 1.46 bits per heavy atom. The first-order valence-corrected chi connectivity index (χ1v) is 3.74. The molecule has 2 nitrogen and oxygen atoms in total. The highest BCUT2D eigenvalue weighted by Gasteiger charge is 2.04. The van der Waals surface area contributed by atoms with Gasteiger partial charge < -0.3 is 4.74 Å². The lowest BCUT2D eigenvalue weighted by Gasteiger charge is -2.02. The number of carbonyl (C=O) groups excluding carboxylic acids is 1. The highest BCUT2D eigenvalue weighted by atomic mass is 19.1. The summed E-state index contributed by atoms with van der Waals surface area (Å²) in [5.74, 6) is -0.281. The third-order valence-electron chi connectivity index (χ3n) is 1.57. The molecule has 0 radical (unpaired) electrons. The van der Waals surface area contributed by atoms with Gasteiger partial charge in [0, 0.05) is 5.56 Å². The summed E-state index contributed by atoms with van der Waals surface area (Å²) in [6.07, 6.45) is 3.22. The van der Waals surface area contributed by atoms with Crippen LogP contribution in [0, 0.1) is 5.82 Å². The summed E-state index contributed by atoms with van der Waals surface area (Å²) in [6, 6.07) is 4.75. The fraction of sp³-hybridized carbons (Fsp3) is 0.100. The number of allylic oxidation sites excluding steroid dienone is 1. The Morgan fingerprint density at radius 2 is 2.23 bits per heavy atom. The predicted octanol–water partition coefficient (Wildman–Crippen LogP) is 2.05. The maximum absolute atomic E-state index is 13.3. The Kier molecular flexibility index (Phi) is 3.20. The third-order valence-corrected chi connectivity index (χ3v) is 1.57. The van der Waals surface area contributed by atoms with E-state index in [0.717, 1.165) is 0 Å². The summed E-state index contributed by atoms with van der Waals surface area (Å²) in [5, 5.41) is 0. The Balaban J connectivity index is 3.07. The molecule has 0 fully saturated rings. The van der Waals surface area contributed by atoms with Crippen molar-refractivity contribution in [2.24, 2.45) is 0 Å². The minimum atomic E-state index is -0.455. The van der Waals surface area contributed by atoms with E-state index in [9.17, 15) is 9.18 Å². The van der Waals surface area contributed by atoms with Crippen LogP contribution in [0.5, 0.6) is 5.75 Å². The van der Waals surface area contributed by atoms with Gasteiger partial charge >= 0.3 is 0 Å². The number of carbonyl (C=O) groups is 1.